The van der Waals surface area contributed by atoms with Crippen molar-refractivity contribution in [3.63, 3.8) is 0 Å². The van der Waals surface area contributed by atoms with Crippen molar-refractivity contribution in [2.24, 2.45) is 16.8 Å². The van der Waals surface area contributed by atoms with Crippen LogP contribution in [0.25, 0.3) is 0 Å². The summed E-state index contributed by atoms with van der Waals surface area (Å²) in [6.07, 6.45) is 22.5. The fourth-order valence-electron chi connectivity index (χ4n) is 3.89. The minimum absolute atomic E-state index is 0.00840. The van der Waals surface area contributed by atoms with Crippen LogP contribution in [0.2, 0.25) is 0 Å². The minimum Gasteiger partial charge on any atom is -0.478 e. The average molecular weight is 332 g/mol. The van der Waals surface area contributed by atoms with Gasteiger partial charge in [0.1, 0.15) is 6.61 Å². The lowest BCUT2D eigenvalue weighted by atomic mass is 9.79. The number of hydrogen-bond donors (Lipinski definition) is 0. The molecule has 136 valence electrons. The molecule has 2 heteroatoms. The molecule has 0 bridgehead atoms. The van der Waals surface area contributed by atoms with E-state index < -0.39 is 0 Å². The van der Waals surface area contributed by atoms with E-state index in [1.807, 2.05) is 0 Å². The number of allylic oxidation sites excluding steroid dienone is 4. The third-order valence-electron chi connectivity index (χ3n) is 5.29. The van der Waals surface area contributed by atoms with Crippen LogP contribution < -0.4 is 0 Å². The third-order valence-corrected chi connectivity index (χ3v) is 5.29. The maximum atomic E-state index is 5.65. The highest BCUT2D eigenvalue weighted by atomic mass is 16.5. The van der Waals surface area contributed by atoms with E-state index in [1.54, 1.807) is 0 Å². The van der Waals surface area contributed by atoms with Crippen molar-refractivity contribution in [3.05, 3.63) is 24.3 Å². The lowest BCUT2D eigenvalue weighted by Crippen LogP contribution is -2.17. The average Bonchev–Trinajstić information content (AvgIpc) is 2.91. The lowest BCUT2D eigenvalue weighted by molar-refractivity contribution is 0.273. The summed E-state index contributed by atoms with van der Waals surface area (Å²) in [6.45, 7) is 7.19. The highest BCUT2D eigenvalue weighted by Gasteiger charge is 2.25. The molecular formula is C22H37NO. The molecule has 0 aromatic carbocycles. The van der Waals surface area contributed by atoms with E-state index >= 15 is 0 Å². The monoisotopic (exact) mass is 331 g/mol. The molecule has 0 fully saturated rings. The van der Waals surface area contributed by atoms with Gasteiger partial charge in [-0.2, -0.15) is 0 Å². The number of unbranched alkanes of at least 4 members (excludes halogenated alkanes) is 5. The molecule has 0 amide bonds. The number of aliphatic imine (C=N–C) groups is 1. The SMILES string of the molecule is C/C=C/C1CC=CCC1CCCCCCCCC1=NC(C)(C)CO1. The number of rotatable bonds is 10. The number of hydrogen-bond acceptors (Lipinski definition) is 2. The zero-order chi connectivity index (χ0) is 17.3. The Hall–Kier alpha value is -1.05. The van der Waals surface area contributed by atoms with Crippen LogP contribution >= 0.6 is 0 Å². The van der Waals surface area contributed by atoms with Crippen LogP contribution in [0, 0.1) is 11.8 Å². The van der Waals surface area contributed by atoms with Crippen molar-refractivity contribution in [3.8, 4) is 0 Å². The normalized spacial score (nSPS) is 25.9. The molecule has 24 heavy (non-hydrogen) atoms. The van der Waals surface area contributed by atoms with Gasteiger partial charge < -0.3 is 4.74 Å². The first-order chi connectivity index (χ1) is 11.6. The molecule has 0 radical (unpaired) electrons. The van der Waals surface area contributed by atoms with Crippen LogP contribution in [-0.4, -0.2) is 18.0 Å². The molecule has 0 aromatic rings. The van der Waals surface area contributed by atoms with Crippen LogP contribution in [0.4, 0.5) is 0 Å². The summed E-state index contributed by atoms with van der Waals surface area (Å²) >= 11 is 0. The summed E-state index contributed by atoms with van der Waals surface area (Å²) in [5.41, 5.74) is 0.00840. The molecule has 0 aromatic heterocycles. The van der Waals surface area contributed by atoms with Gasteiger partial charge in [-0.15, -0.1) is 0 Å². The van der Waals surface area contributed by atoms with E-state index in [4.69, 9.17) is 4.74 Å². The van der Waals surface area contributed by atoms with Crippen LogP contribution in [0.5, 0.6) is 0 Å². The molecule has 1 aliphatic carbocycles. The van der Waals surface area contributed by atoms with E-state index in [-0.39, 0.29) is 5.54 Å². The second-order valence-electron chi connectivity index (χ2n) is 8.16. The maximum absolute atomic E-state index is 5.65. The van der Waals surface area contributed by atoms with Crippen LogP contribution in [0.3, 0.4) is 0 Å². The standard InChI is InChI=1S/C22H37NO/c1-4-13-19-15-11-12-16-20(19)14-9-7-5-6-8-10-17-21-23-22(2,3)18-24-21/h4,11-13,19-20H,5-10,14-18H2,1-3H3/b13-4+. The number of nitrogens with zero attached hydrogens (tertiary/aromatic N) is 1. The zero-order valence-electron chi connectivity index (χ0n) is 16.1. The molecule has 1 heterocycles. The Labute approximate surface area is 149 Å². The lowest BCUT2D eigenvalue weighted by Gasteiger charge is -2.26. The molecule has 0 N–H and O–H groups in total. The van der Waals surface area contributed by atoms with E-state index in [0.717, 1.165) is 30.8 Å². The van der Waals surface area contributed by atoms with Gasteiger partial charge in [-0.3, -0.25) is 0 Å². The maximum Gasteiger partial charge on any atom is 0.183 e. The Balaban J connectivity index is 1.47. The molecular weight excluding hydrogens is 294 g/mol. The first-order valence-electron chi connectivity index (χ1n) is 10.1. The van der Waals surface area contributed by atoms with Gasteiger partial charge in [0.25, 0.3) is 0 Å². The van der Waals surface area contributed by atoms with Gasteiger partial charge in [0.15, 0.2) is 5.90 Å². The Morgan fingerprint density at radius 2 is 1.79 bits per heavy atom. The largest absolute Gasteiger partial charge is 0.478 e. The predicted octanol–water partition coefficient (Wildman–Crippen LogP) is 6.47. The van der Waals surface area contributed by atoms with Gasteiger partial charge in [-0.05, 0) is 58.3 Å². The fraction of sp³-hybridized carbons (Fsp3) is 0.773. The van der Waals surface area contributed by atoms with Crippen molar-refractivity contribution < 1.29 is 4.74 Å². The first-order valence-corrected chi connectivity index (χ1v) is 10.1. The van der Waals surface area contributed by atoms with Gasteiger partial charge in [0.2, 0.25) is 0 Å². The second-order valence-corrected chi connectivity index (χ2v) is 8.16. The summed E-state index contributed by atoms with van der Waals surface area (Å²) < 4.78 is 5.65. The molecule has 2 aliphatic rings. The van der Waals surface area contributed by atoms with E-state index in [1.165, 1.54) is 57.8 Å². The summed E-state index contributed by atoms with van der Waals surface area (Å²) in [7, 11) is 0. The zero-order valence-corrected chi connectivity index (χ0v) is 16.1. The van der Waals surface area contributed by atoms with Gasteiger partial charge in [0.05, 0.1) is 5.54 Å². The Kier molecular flexibility index (Phi) is 8.08. The summed E-state index contributed by atoms with van der Waals surface area (Å²) in [4.78, 5) is 4.62. The molecule has 0 saturated heterocycles. The van der Waals surface area contributed by atoms with Gasteiger partial charge in [0, 0.05) is 6.42 Å². The third kappa shape index (κ3) is 6.83. The van der Waals surface area contributed by atoms with Crippen LogP contribution in [0.15, 0.2) is 29.3 Å². The second kappa shape index (κ2) is 10.1. The Morgan fingerprint density at radius 1 is 1.08 bits per heavy atom. The highest BCUT2D eigenvalue weighted by molar-refractivity contribution is 5.78. The summed E-state index contributed by atoms with van der Waals surface area (Å²) in [5, 5.41) is 0. The van der Waals surface area contributed by atoms with Gasteiger partial charge in [-0.25, -0.2) is 4.99 Å². The van der Waals surface area contributed by atoms with Crippen LogP contribution in [0.1, 0.15) is 85.0 Å². The fourth-order valence-corrected chi connectivity index (χ4v) is 3.89. The Morgan fingerprint density at radius 3 is 2.50 bits per heavy atom. The molecule has 2 unspecified atom stereocenters. The van der Waals surface area contributed by atoms with E-state index in [0.29, 0.717) is 0 Å². The van der Waals surface area contributed by atoms with Gasteiger partial charge in [-0.1, -0.05) is 56.4 Å². The van der Waals surface area contributed by atoms with E-state index in [2.05, 4.69) is 50.1 Å². The molecule has 2 atom stereocenters. The molecule has 2 nitrogen and oxygen atoms in total. The van der Waals surface area contributed by atoms with Crippen molar-refractivity contribution in [1.29, 1.82) is 0 Å². The van der Waals surface area contributed by atoms with Crippen molar-refractivity contribution in [2.45, 2.75) is 90.5 Å². The van der Waals surface area contributed by atoms with Crippen molar-refractivity contribution >= 4 is 5.90 Å². The molecule has 2 rings (SSSR count). The smallest absolute Gasteiger partial charge is 0.183 e. The quantitative estimate of drug-likeness (QED) is 0.332. The summed E-state index contributed by atoms with van der Waals surface area (Å²) in [6, 6.07) is 0. The van der Waals surface area contributed by atoms with Crippen molar-refractivity contribution in [1.82, 2.24) is 0 Å². The van der Waals surface area contributed by atoms with Crippen LogP contribution in [-0.2, 0) is 4.74 Å². The van der Waals surface area contributed by atoms with Crippen molar-refractivity contribution in [2.75, 3.05) is 6.61 Å². The molecule has 1 aliphatic heterocycles. The molecule has 0 saturated carbocycles. The predicted molar refractivity (Wildman–Crippen MR) is 105 cm³/mol. The highest BCUT2D eigenvalue weighted by Crippen LogP contribution is 2.31. The first kappa shape index (κ1) is 19.3. The topological polar surface area (TPSA) is 21.6 Å². The molecule has 0 spiro atoms. The summed E-state index contributed by atoms with van der Waals surface area (Å²) in [5.74, 6) is 2.66. The minimum atomic E-state index is 0.00840. The van der Waals surface area contributed by atoms with E-state index in [9.17, 15) is 0 Å². The Bertz CT molecular complexity index is 447. The van der Waals surface area contributed by atoms with Gasteiger partial charge >= 0.3 is 0 Å². The number of ether oxygens (including phenoxy) is 1.